The molecule has 0 spiro atoms. The first-order chi connectivity index (χ1) is 16.9. The zero-order chi connectivity index (χ0) is 25.0. The normalized spacial score (nSPS) is 21.7. The van der Waals surface area contributed by atoms with Gasteiger partial charge in [0.25, 0.3) is 11.8 Å². The van der Waals surface area contributed by atoms with E-state index in [9.17, 15) is 23.9 Å². The first kappa shape index (κ1) is 24.2. The van der Waals surface area contributed by atoms with Crippen molar-refractivity contribution in [2.75, 3.05) is 33.2 Å². The Balaban J connectivity index is 1.75. The van der Waals surface area contributed by atoms with Gasteiger partial charge in [-0.1, -0.05) is 42.5 Å². The molecule has 10 heteroatoms. The van der Waals surface area contributed by atoms with Crippen molar-refractivity contribution in [1.82, 2.24) is 25.3 Å². The zero-order valence-electron chi connectivity index (χ0n) is 19.4. The second-order valence-corrected chi connectivity index (χ2v) is 8.60. The zero-order valence-corrected chi connectivity index (χ0v) is 19.4. The Bertz CT molecular complexity index is 1100. The van der Waals surface area contributed by atoms with Gasteiger partial charge < -0.3 is 25.5 Å². The van der Waals surface area contributed by atoms with E-state index in [1.807, 2.05) is 30.3 Å². The average Bonchev–Trinajstić information content (AvgIpc) is 2.89. The van der Waals surface area contributed by atoms with Crippen molar-refractivity contribution in [2.24, 2.45) is 0 Å². The summed E-state index contributed by atoms with van der Waals surface area (Å²) < 4.78 is 13.3. The summed E-state index contributed by atoms with van der Waals surface area (Å²) in [5.41, 5.74) is -0.145. The van der Waals surface area contributed by atoms with E-state index in [0.29, 0.717) is 31.7 Å². The largest absolute Gasteiger partial charge is 0.502 e. The molecule has 2 atom stereocenters. The Labute approximate surface area is 202 Å². The predicted molar refractivity (Wildman–Crippen MR) is 126 cm³/mol. The lowest BCUT2D eigenvalue weighted by atomic mass is 9.87. The van der Waals surface area contributed by atoms with E-state index < -0.39 is 29.3 Å². The Hall–Kier alpha value is -3.92. The second kappa shape index (κ2) is 10.1. The van der Waals surface area contributed by atoms with Crippen LogP contribution >= 0.6 is 0 Å². The number of nitrogens with zero attached hydrogens (tertiary/aromatic N) is 3. The Morgan fingerprint density at radius 2 is 1.80 bits per heavy atom. The summed E-state index contributed by atoms with van der Waals surface area (Å²) in [6, 6.07) is 14.4. The van der Waals surface area contributed by atoms with Gasteiger partial charge in [-0.3, -0.25) is 19.3 Å². The lowest BCUT2D eigenvalue weighted by molar-refractivity contribution is -0.156. The molecule has 3 amide bonds. The smallest absolute Gasteiger partial charge is 0.292 e. The molecule has 9 nitrogen and oxygen atoms in total. The third kappa shape index (κ3) is 4.69. The van der Waals surface area contributed by atoms with Crippen LogP contribution in [-0.2, 0) is 20.9 Å². The molecule has 0 radical (unpaired) electrons. The third-order valence-electron chi connectivity index (χ3n) is 6.57. The number of halogens is 1. The lowest BCUT2D eigenvalue weighted by Gasteiger charge is -2.52. The molecule has 2 aliphatic rings. The molecule has 1 saturated heterocycles. The molecular formula is C25H28FN5O4. The molecule has 0 saturated carbocycles. The first-order valence-electron chi connectivity index (χ1n) is 11.3. The van der Waals surface area contributed by atoms with E-state index in [2.05, 4.69) is 15.5 Å². The molecule has 35 heavy (non-hydrogen) atoms. The number of amides is 3. The Morgan fingerprint density at radius 3 is 2.43 bits per heavy atom. The minimum atomic E-state index is -1.62. The van der Waals surface area contributed by atoms with Crippen LogP contribution in [-0.4, -0.2) is 76.9 Å². The van der Waals surface area contributed by atoms with E-state index >= 15 is 0 Å². The molecule has 1 fully saturated rings. The monoisotopic (exact) mass is 481 g/mol. The molecule has 4 rings (SSSR count). The standard InChI is InChI=1S/C25H28FN5O4/c1-29-23(34)21(33)16-28-25(29,24(35)27-15-18-7-9-20(26)10-8-18)22(19-5-3-2-4-6-19)31-13-11-30(17-32)12-14-31/h2-10,16-17,22,28,33H,11-15H2,1H3,(H,27,35). The van der Waals surface area contributed by atoms with Gasteiger partial charge in [-0.2, -0.15) is 0 Å². The summed E-state index contributed by atoms with van der Waals surface area (Å²) in [5, 5.41) is 16.0. The number of hydrogen-bond acceptors (Lipinski definition) is 6. The van der Waals surface area contributed by atoms with Gasteiger partial charge in [-0.15, -0.1) is 0 Å². The maximum absolute atomic E-state index is 14.0. The van der Waals surface area contributed by atoms with Crippen LogP contribution in [0.5, 0.6) is 0 Å². The van der Waals surface area contributed by atoms with Crippen LogP contribution in [0.2, 0.25) is 0 Å². The van der Waals surface area contributed by atoms with Crippen LogP contribution in [0.3, 0.4) is 0 Å². The first-order valence-corrected chi connectivity index (χ1v) is 11.3. The molecule has 0 aromatic heterocycles. The summed E-state index contributed by atoms with van der Waals surface area (Å²) in [6.45, 7) is 2.01. The SMILES string of the molecule is CN1C(=O)C(O)=CNC1(C(=O)NCc1ccc(F)cc1)C(c1ccccc1)N1CCN(C=O)CC1. The van der Waals surface area contributed by atoms with E-state index in [-0.39, 0.29) is 12.4 Å². The molecule has 2 aromatic carbocycles. The molecule has 0 bridgehead atoms. The molecule has 2 heterocycles. The minimum absolute atomic E-state index is 0.112. The summed E-state index contributed by atoms with van der Waals surface area (Å²) in [5.74, 6) is -2.08. The van der Waals surface area contributed by atoms with Crippen LogP contribution < -0.4 is 10.6 Å². The predicted octanol–water partition coefficient (Wildman–Crippen LogP) is 1.11. The highest BCUT2D eigenvalue weighted by Crippen LogP contribution is 2.37. The van der Waals surface area contributed by atoms with Gasteiger partial charge in [0.2, 0.25) is 12.1 Å². The quantitative estimate of drug-likeness (QED) is 0.512. The highest BCUT2D eigenvalue weighted by Gasteiger charge is 2.56. The van der Waals surface area contributed by atoms with E-state index in [0.717, 1.165) is 18.2 Å². The molecular weight excluding hydrogens is 453 g/mol. The van der Waals surface area contributed by atoms with Gasteiger partial charge >= 0.3 is 0 Å². The van der Waals surface area contributed by atoms with Gasteiger partial charge in [-0.05, 0) is 23.3 Å². The second-order valence-electron chi connectivity index (χ2n) is 8.60. The number of benzene rings is 2. The molecule has 0 aliphatic carbocycles. The number of aliphatic hydroxyl groups excluding tert-OH is 1. The Morgan fingerprint density at radius 1 is 1.14 bits per heavy atom. The van der Waals surface area contributed by atoms with Crippen LogP contribution in [0.15, 0.2) is 66.6 Å². The molecule has 2 unspecified atom stereocenters. The molecule has 2 aromatic rings. The van der Waals surface area contributed by atoms with Crippen molar-refractivity contribution in [1.29, 1.82) is 0 Å². The number of piperazine rings is 1. The summed E-state index contributed by atoms with van der Waals surface area (Å²) in [7, 11) is 1.47. The van der Waals surface area contributed by atoms with Crippen molar-refractivity contribution in [2.45, 2.75) is 18.2 Å². The number of carbonyl (C=O) groups is 3. The van der Waals surface area contributed by atoms with Crippen LogP contribution in [0.25, 0.3) is 0 Å². The van der Waals surface area contributed by atoms with Crippen molar-refractivity contribution in [3.8, 4) is 0 Å². The fourth-order valence-corrected chi connectivity index (χ4v) is 4.65. The summed E-state index contributed by atoms with van der Waals surface area (Å²) in [6.07, 6.45) is 1.95. The van der Waals surface area contributed by atoms with E-state index in [4.69, 9.17) is 0 Å². The Kier molecular flexibility index (Phi) is 7.02. The maximum Gasteiger partial charge on any atom is 0.292 e. The van der Waals surface area contributed by atoms with E-state index in [1.54, 1.807) is 17.0 Å². The molecule has 3 N–H and O–H groups in total. The summed E-state index contributed by atoms with van der Waals surface area (Å²) >= 11 is 0. The maximum atomic E-state index is 14.0. The minimum Gasteiger partial charge on any atom is -0.502 e. The van der Waals surface area contributed by atoms with Gasteiger partial charge in [0, 0.05) is 46.0 Å². The van der Waals surface area contributed by atoms with Crippen molar-refractivity contribution in [3.63, 3.8) is 0 Å². The van der Waals surface area contributed by atoms with Gasteiger partial charge in [0.1, 0.15) is 5.82 Å². The number of aliphatic hydroxyl groups is 1. The van der Waals surface area contributed by atoms with Crippen LogP contribution in [0, 0.1) is 5.82 Å². The number of likely N-dealkylation sites (N-methyl/N-ethyl adjacent to an activating group) is 1. The van der Waals surface area contributed by atoms with Gasteiger partial charge in [0.15, 0.2) is 5.76 Å². The molecule has 184 valence electrons. The van der Waals surface area contributed by atoms with Crippen molar-refractivity contribution >= 4 is 18.2 Å². The van der Waals surface area contributed by atoms with Crippen LogP contribution in [0.1, 0.15) is 17.2 Å². The highest BCUT2D eigenvalue weighted by atomic mass is 19.1. The number of rotatable bonds is 7. The van der Waals surface area contributed by atoms with E-state index in [1.165, 1.54) is 24.1 Å². The van der Waals surface area contributed by atoms with Crippen molar-refractivity contribution < 1.29 is 23.9 Å². The fourth-order valence-electron chi connectivity index (χ4n) is 4.65. The van der Waals surface area contributed by atoms with Gasteiger partial charge in [-0.25, -0.2) is 4.39 Å². The average molecular weight is 482 g/mol. The number of carbonyl (C=O) groups excluding carboxylic acids is 3. The third-order valence-corrected chi connectivity index (χ3v) is 6.57. The number of nitrogens with one attached hydrogen (secondary N) is 2. The number of hydrogen-bond donors (Lipinski definition) is 3. The highest BCUT2D eigenvalue weighted by molar-refractivity contribution is 5.99. The van der Waals surface area contributed by atoms with Gasteiger partial charge in [0.05, 0.1) is 6.04 Å². The van der Waals surface area contributed by atoms with Crippen LogP contribution in [0.4, 0.5) is 4.39 Å². The lowest BCUT2D eigenvalue weighted by Crippen LogP contribution is -2.74. The molecule has 2 aliphatic heterocycles. The topological polar surface area (TPSA) is 105 Å². The van der Waals surface area contributed by atoms with Crippen molar-refractivity contribution in [3.05, 3.63) is 83.5 Å². The summed E-state index contributed by atoms with van der Waals surface area (Å²) in [4.78, 5) is 43.1. The fraction of sp³-hybridized carbons (Fsp3) is 0.320.